The Bertz CT molecular complexity index is 1070. The molecular formula is C21H19N3O3. The fourth-order valence-electron chi connectivity index (χ4n) is 3.03. The molecule has 0 unspecified atom stereocenters. The number of carbonyl (C=O) groups is 1. The van der Waals surface area contributed by atoms with E-state index in [1.165, 1.54) is 0 Å². The summed E-state index contributed by atoms with van der Waals surface area (Å²) >= 11 is 0. The highest BCUT2D eigenvalue weighted by Crippen LogP contribution is 2.26. The minimum Gasteiger partial charge on any atom is -0.497 e. The summed E-state index contributed by atoms with van der Waals surface area (Å²) in [4.78, 5) is 12.5. The number of anilines is 1. The first-order valence-electron chi connectivity index (χ1n) is 8.61. The molecule has 2 heterocycles. The van der Waals surface area contributed by atoms with Crippen LogP contribution in [0.1, 0.15) is 11.1 Å². The number of benzene rings is 2. The van der Waals surface area contributed by atoms with Gasteiger partial charge >= 0.3 is 0 Å². The summed E-state index contributed by atoms with van der Waals surface area (Å²) in [6.45, 7) is 0.658. The van der Waals surface area contributed by atoms with Gasteiger partial charge in [0, 0.05) is 35.1 Å². The maximum absolute atomic E-state index is 12.5. The summed E-state index contributed by atoms with van der Waals surface area (Å²) in [5, 5.41) is 8.07. The number of nitrogens with one attached hydrogen (secondary N) is 1. The van der Waals surface area contributed by atoms with E-state index in [-0.39, 0.29) is 12.3 Å². The molecule has 2 aromatic carbocycles. The number of furan rings is 1. The fourth-order valence-corrected chi connectivity index (χ4v) is 3.03. The van der Waals surface area contributed by atoms with Crippen LogP contribution in [0.15, 0.2) is 71.6 Å². The highest BCUT2D eigenvalue weighted by molar-refractivity contribution is 5.95. The zero-order chi connectivity index (χ0) is 18.6. The van der Waals surface area contributed by atoms with Crippen LogP contribution in [0.25, 0.3) is 11.0 Å². The van der Waals surface area contributed by atoms with Crippen molar-refractivity contribution in [2.75, 3.05) is 12.4 Å². The van der Waals surface area contributed by atoms with Gasteiger partial charge in [-0.25, -0.2) is 0 Å². The van der Waals surface area contributed by atoms with Gasteiger partial charge in [-0.1, -0.05) is 12.1 Å². The molecule has 0 aliphatic rings. The van der Waals surface area contributed by atoms with Crippen molar-refractivity contribution in [3.05, 3.63) is 78.3 Å². The first kappa shape index (κ1) is 16.9. The van der Waals surface area contributed by atoms with E-state index in [4.69, 9.17) is 9.15 Å². The van der Waals surface area contributed by atoms with Crippen LogP contribution in [0.4, 0.5) is 5.69 Å². The zero-order valence-electron chi connectivity index (χ0n) is 14.9. The van der Waals surface area contributed by atoms with E-state index in [0.717, 1.165) is 28.0 Å². The minimum atomic E-state index is -0.0928. The second-order valence-corrected chi connectivity index (χ2v) is 6.25. The third kappa shape index (κ3) is 3.84. The lowest BCUT2D eigenvalue weighted by molar-refractivity contribution is -0.115. The molecule has 0 spiro atoms. The summed E-state index contributed by atoms with van der Waals surface area (Å²) in [5.41, 5.74) is 3.38. The molecule has 6 nitrogen and oxygen atoms in total. The summed E-state index contributed by atoms with van der Waals surface area (Å²) in [6, 6.07) is 15.2. The van der Waals surface area contributed by atoms with Gasteiger partial charge in [0.1, 0.15) is 11.3 Å². The number of rotatable bonds is 6. The van der Waals surface area contributed by atoms with Gasteiger partial charge in [-0.15, -0.1) is 0 Å². The average molecular weight is 361 g/mol. The summed E-state index contributed by atoms with van der Waals surface area (Å²) < 4.78 is 12.6. The number of hydrogen-bond acceptors (Lipinski definition) is 4. The number of nitrogens with zero attached hydrogens (tertiary/aromatic N) is 2. The molecule has 4 aromatic rings. The van der Waals surface area contributed by atoms with Crippen LogP contribution in [0, 0.1) is 0 Å². The number of amides is 1. The number of ether oxygens (including phenoxy) is 1. The van der Waals surface area contributed by atoms with Crippen molar-refractivity contribution in [2.45, 2.75) is 13.0 Å². The van der Waals surface area contributed by atoms with Gasteiger partial charge < -0.3 is 14.5 Å². The predicted octanol–water partition coefficient (Wildman–Crippen LogP) is 3.87. The van der Waals surface area contributed by atoms with Gasteiger partial charge in [0.15, 0.2) is 0 Å². The molecular weight excluding hydrogens is 342 g/mol. The first-order chi connectivity index (χ1) is 13.2. The van der Waals surface area contributed by atoms with E-state index < -0.39 is 0 Å². The highest BCUT2D eigenvalue weighted by atomic mass is 16.5. The van der Waals surface area contributed by atoms with Crippen molar-refractivity contribution >= 4 is 22.6 Å². The van der Waals surface area contributed by atoms with Gasteiger partial charge in [0.25, 0.3) is 0 Å². The van der Waals surface area contributed by atoms with Crippen LogP contribution in [-0.4, -0.2) is 22.8 Å². The smallest absolute Gasteiger partial charge is 0.228 e. The monoisotopic (exact) mass is 361 g/mol. The lowest BCUT2D eigenvalue weighted by Crippen LogP contribution is -2.14. The number of fused-ring (bicyclic) bond motifs is 1. The molecule has 0 radical (unpaired) electrons. The van der Waals surface area contributed by atoms with E-state index in [1.807, 2.05) is 59.4 Å². The van der Waals surface area contributed by atoms with Crippen molar-refractivity contribution in [3.63, 3.8) is 0 Å². The largest absolute Gasteiger partial charge is 0.497 e. The Morgan fingerprint density at radius 2 is 2.15 bits per heavy atom. The van der Waals surface area contributed by atoms with Crippen molar-refractivity contribution in [2.24, 2.45) is 0 Å². The molecule has 0 saturated heterocycles. The molecule has 0 saturated carbocycles. The van der Waals surface area contributed by atoms with Crippen LogP contribution >= 0.6 is 0 Å². The van der Waals surface area contributed by atoms with E-state index in [1.54, 1.807) is 19.6 Å². The van der Waals surface area contributed by atoms with Crippen LogP contribution in [0.2, 0.25) is 0 Å². The van der Waals surface area contributed by atoms with Gasteiger partial charge in [-0.05, 0) is 35.9 Å². The molecule has 136 valence electrons. The Labute approximate surface area is 156 Å². The zero-order valence-corrected chi connectivity index (χ0v) is 14.9. The molecule has 0 bridgehead atoms. The average Bonchev–Trinajstić information content (AvgIpc) is 3.31. The van der Waals surface area contributed by atoms with Crippen molar-refractivity contribution in [1.29, 1.82) is 0 Å². The second-order valence-electron chi connectivity index (χ2n) is 6.25. The Balaban J connectivity index is 1.45. The number of methoxy groups -OCH3 is 1. The second kappa shape index (κ2) is 7.37. The van der Waals surface area contributed by atoms with E-state index >= 15 is 0 Å². The summed E-state index contributed by atoms with van der Waals surface area (Å²) in [7, 11) is 1.61. The Hall–Kier alpha value is -3.54. The topological polar surface area (TPSA) is 69.3 Å². The summed E-state index contributed by atoms with van der Waals surface area (Å²) in [6.07, 6.45) is 5.52. The van der Waals surface area contributed by atoms with E-state index in [0.29, 0.717) is 12.1 Å². The molecule has 4 rings (SSSR count). The number of carbonyl (C=O) groups excluding carboxylic acids is 1. The Morgan fingerprint density at radius 1 is 1.22 bits per heavy atom. The van der Waals surface area contributed by atoms with Crippen molar-refractivity contribution < 1.29 is 13.9 Å². The standard InChI is InChI=1S/C21H19N3O3/c1-26-18-6-7-19-16(14-27-20(19)12-18)11-21(25)23-17-5-2-4-15(10-17)13-24-9-3-8-22-24/h2-10,12,14H,11,13H2,1H3,(H,23,25). The molecule has 2 aromatic heterocycles. The lowest BCUT2D eigenvalue weighted by Gasteiger charge is -2.08. The third-order valence-corrected chi connectivity index (χ3v) is 4.33. The van der Waals surface area contributed by atoms with E-state index in [9.17, 15) is 4.79 Å². The van der Waals surface area contributed by atoms with Crippen molar-refractivity contribution in [3.8, 4) is 5.75 Å². The van der Waals surface area contributed by atoms with Gasteiger partial charge in [0.05, 0.1) is 26.3 Å². The van der Waals surface area contributed by atoms with Gasteiger partial charge in [0.2, 0.25) is 5.91 Å². The van der Waals surface area contributed by atoms with E-state index in [2.05, 4.69) is 10.4 Å². The van der Waals surface area contributed by atoms with Crippen molar-refractivity contribution in [1.82, 2.24) is 9.78 Å². The highest BCUT2D eigenvalue weighted by Gasteiger charge is 2.12. The Kier molecular flexibility index (Phi) is 4.61. The molecule has 0 aliphatic carbocycles. The molecule has 6 heteroatoms. The van der Waals surface area contributed by atoms with Crippen LogP contribution < -0.4 is 10.1 Å². The maximum atomic E-state index is 12.5. The third-order valence-electron chi connectivity index (χ3n) is 4.33. The van der Waals surface area contributed by atoms with Gasteiger partial charge in [-0.3, -0.25) is 9.48 Å². The molecule has 0 atom stereocenters. The SMILES string of the molecule is COc1ccc2c(CC(=O)Nc3cccc(Cn4cccn4)c3)coc2c1. The number of aromatic nitrogens is 2. The van der Waals surface area contributed by atoms with Crippen LogP contribution in [0.5, 0.6) is 5.75 Å². The fraction of sp³-hybridized carbons (Fsp3) is 0.143. The predicted molar refractivity (Wildman–Crippen MR) is 103 cm³/mol. The van der Waals surface area contributed by atoms with Gasteiger partial charge in [-0.2, -0.15) is 5.10 Å². The Morgan fingerprint density at radius 3 is 2.96 bits per heavy atom. The quantitative estimate of drug-likeness (QED) is 0.566. The minimum absolute atomic E-state index is 0.0928. The van der Waals surface area contributed by atoms with Crippen LogP contribution in [-0.2, 0) is 17.8 Å². The van der Waals surface area contributed by atoms with Crippen LogP contribution in [0.3, 0.4) is 0 Å². The molecule has 1 amide bonds. The molecule has 27 heavy (non-hydrogen) atoms. The molecule has 0 fully saturated rings. The molecule has 1 N–H and O–H groups in total. The molecule has 0 aliphatic heterocycles. The summed E-state index contributed by atoms with van der Waals surface area (Å²) in [5.74, 6) is 0.631. The maximum Gasteiger partial charge on any atom is 0.228 e. The first-order valence-corrected chi connectivity index (χ1v) is 8.61. The normalized spacial score (nSPS) is 10.9. The number of hydrogen-bond donors (Lipinski definition) is 1. The lowest BCUT2D eigenvalue weighted by atomic mass is 10.1.